The predicted octanol–water partition coefficient (Wildman–Crippen LogP) is 3.58. The van der Waals surface area contributed by atoms with E-state index in [1.165, 1.54) is 0 Å². The van der Waals surface area contributed by atoms with Crippen LogP contribution in [0.15, 0.2) is 36.5 Å². The Morgan fingerprint density at radius 2 is 1.74 bits per heavy atom. The van der Waals surface area contributed by atoms with Crippen molar-refractivity contribution in [3.8, 4) is 0 Å². The van der Waals surface area contributed by atoms with Gasteiger partial charge in [0, 0.05) is 6.54 Å². The molecule has 0 radical (unpaired) electrons. The molecule has 3 N–H and O–H groups in total. The molecule has 0 aliphatic carbocycles. The molecule has 0 bridgehead atoms. The summed E-state index contributed by atoms with van der Waals surface area (Å²) in [5.74, 6) is -1.09. The van der Waals surface area contributed by atoms with Gasteiger partial charge in [0.25, 0.3) is 0 Å². The summed E-state index contributed by atoms with van der Waals surface area (Å²) in [4.78, 5) is 33.5. The number of hydrogen-bond donors (Lipinski definition) is 2. The molecule has 0 aliphatic heterocycles. The van der Waals surface area contributed by atoms with E-state index < -0.39 is 32.5 Å². The van der Waals surface area contributed by atoms with Crippen LogP contribution in [0.2, 0.25) is 0 Å². The standard InChI is InChI=1S/C21H36NO8P/c1-3-5-7-9-11-13-20(23)27-17-19(18-29-31(25,26)28-16-15-22)30-21(24)14-12-10-8-6-4-2/h3,5,9-12,19H,4,6-8,13-18,22H2,1-2H3,(H,25,26)/t19-/m1/s1. The molecule has 2 atom stereocenters. The molecule has 31 heavy (non-hydrogen) atoms. The van der Waals surface area contributed by atoms with Gasteiger partial charge in [0.05, 0.1) is 26.1 Å². The molecule has 10 heteroatoms. The summed E-state index contributed by atoms with van der Waals surface area (Å²) < 4.78 is 31.6. The second kappa shape index (κ2) is 19.0. The van der Waals surface area contributed by atoms with Crippen LogP contribution < -0.4 is 5.73 Å². The lowest BCUT2D eigenvalue weighted by molar-refractivity contribution is -0.160. The number of carbonyl (C=O) groups excluding carboxylic acids is 2. The number of esters is 2. The first-order valence-electron chi connectivity index (χ1n) is 10.4. The van der Waals surface area contributed by atoms with E-state index >= 15 is 0 Å². The fourth-order valence-corrected chi connectivity index (χ4v) is 2.85. The maximum absolute atomic E-state index is 12.0. The Balaban J connectivity index is 4.68. The molecule has 0 aromatic rings. The topological polar surface area (TPSA) is 134 Å². The van der Waals surface area contributed by atoms with E-state index in [2.05, 4.69) is 11.4 Å². The molecule has 0 aromatic heterocycles. The Morgan fingerprint density at radius 1 is 1.03 bits per heavy atom. The molecule has 9 nitrogen and oxygen atoms in total. The lowest BCUT2D eigenvalue weighted by Crippen LogP contribution is -2.29. The van der Waals surface area contributed by atoms with Crippen LogP contribution in [0.5, 0.6) is 0 Å². The van der Waals surface area contributed by atoms with E-state index in [0.29, 0.717) is 6.42 Å². The van der Waals surface area contributed by atoms with E-state index in [1.807, 2.05) is 31.2 Å². The minimum absolute atomic E-state index is 0.0301. The van der Waals surface area contributed by atoms with Gasteiger partial charge < -0.3 is 20.1 Å². The SMILES string of the molecule is CC=CCC=CCC(=O)OC[C@H](COP(=O)(O)OCCN)OC(=O)CC=CCCCC. The first kappa shape index (κ1) is 29.2. The molecule has 0 aromatic carbocycles. The average molecular weight is 461 g/mol. The van der Waals surface area contributed by atoms with Crippen molar-refractivity contribution in [2.75, 3.05) is 26.4 Å². The molecule has 0 fully saturated rings. The second-order valence-corrected chi connectivity index (χ2v) is 7.93. The maximum atomic E-state index is 12.0. The van der Waals surface area contributed by atoms with Crippen LogP contribution in [0.4, 0.5) is 0 Å². The van der Waals surface area contributed by atoms with Gasteiger partial charge in [0.15, 0.2) is 6.10 Å². The summed E-state index contributed by atoms with van der Waals surface area (Å²) in [6, 6.07) is 0. The first-order chi connectivity index (χ1) is 14.8. The number of phosphoric ester groups is 1. The molecular formula is C21H36NO8P. The van der Waals surface area contributed by atoms with Crippen LogP contribution in [0, 0.1) is 0 Å². The lowest BCUT2D eigenvalue weighted by Gasteiger charge is -2.19. The number of hydrogen-bond acceptors (Lipinski definition) is 8. The zero-order valence-corrected chi connectivity index (χ0v) is 19.3. The van der Waals surface area contributed by atoms with E-state index in [0.717, 1.165) is 19.3 Å². The average Bonchev–Trinajstić information content (AvgIpc) is 2.74. The predicted molar refractivity (Wildman–Crippen MR) is 118 cm³/mol. The third kappa shape index (κ3) is 18.7. The zero-order chi connectivity index (χ0) is 23.4. The van der Waals surface area contributed by atoms with E-state index in [4.69, 9.17) is 19.7 Å². The van der Waals surface area contributed by atoms with Gasteiger partial charge in [-0.2, -0.15) is 0 Å². The van der Waals surface area contributed by atoms with Crippen LogP contribution >= 0.6 is 7.82 Å². The van der Waals surface area contributed by atoms with Crippen molar-refractivity contribution in [1.29, 1.82) is 0 Å². The van der Waals surface area contributed by atoms with Gasteiger partial charge in [-0.15, -0.1) is 0 Å². The summed E-state index contributed by atoms with van der Waals surface area (Å²) in [5.41, 5.74) is 5.23. The monoisotopic (exact) mass is 461 g/mol. The summed E-state index contributed by atoms with van der Waals surface area (Å²) in [7, 11) is -4.36. The van der Waals surface area contributed by atoms with Gasteiger partial charge >= 0.3 is 19.8 Å². The highest BCUT2D eigenvalue weighted by Crippen LogP contribution is 2.43. The van der Waals surface area contributed by atoms with E-state index in [9.17, 15) is 19.0 Å². The van der Waals surface area contributed by atoms with Gasteiger partial charge in [0.2, 0.25) is 0 Å². The van der Waals surface area contributed by atoms with E-state index in [-0.39, 0.29) is 32.6 Å². The second-order valence-electron chi connectivity index (χ2n) is 6.48. The van der Waals surface area contributed by atoms with E-state index in [1.54, 1.807) is 12.2 Å². The van der Waals surface area contributed by atoms with Crippen molar-refractivity contribution in [2.45, 2.75) is 58.5 Å². The molecule has 178 valence electrons. The van der Waals surface area contributed by atoms with Crippen LogP contribution in [0.25, 0.3) is 0 Å². The highest BCUT2D eigenvalue weighted by Gasteiger charge is 2.25. The van der Waals surface area contributed by atoms with Crippen LogP contribution in [0.3, 0.4) is 0 Å². The Kier molecular flexibility index (Phi) is 17.9. The van der Waals surface area contributed by atoms with Crippen molar-refractivity contribution in [1.82, 2.24) is 0 Å². The number of ether oxygens (including phenoxy) is 2. The van der Waals surface area contributed by atoms with Gasteiger partial charge in [-0.1, -0.05) is 56.2 Å². The lowest BCUT2D eigenvalue weighted by atomic mass is 10.2. The quantitative estimate of drug-likeness (QED) is 0.136. The highest BCUT2D eigenvalue weighted by atomic mass is 31.2. The van der Waals surface area contributed by atoms with Crippen molar-refractivity contribution < 1.29 is 37.6 Å². The maximum Gasteiger partial charge on any atom is 0.472 e. The molecular weight excluding hydrogens is 425 g/mol. The van der Waals surface area contributed by atoms with Crippen LogP contribution in [0.1, 0.15) is 52.4 Å². The van der Waals surface area contributed by atoms with Crippen LogP contribution in [-0.2, 0) is 32.7 Å². The molecule has 0 spiro atoms. The van der Waals surface area contributed by atoms with Crippen molar-refractivity contribution >= 4 is 19.8 Å². The first-order valence-corrected chi connectivity index (χ1v) is 11.9. The Labute approximate surface area is 184 Å². The molecule has 0 saturated carbocycles. The van der Waals surface area contributed by atoms with Crippen molar-refractivity contribution in [3.63, 3.8) is 0 Å². The Hall–Kier alpha value is -1.77. The highest BCUT2D eigenvalue weighted by molar-refractivity contribution is 7.47. The summed E-state index contributed by atoms with van der Waals surface area (Å²) in [6.45, 7) is 3.05. The van der Waals surface area contributed by atoms with Gasteiger partial charge in [0.1, 0.15) is 6.61 Å². The van der Waals surface area contributed by atoms with Crippen molar-refractivity contribution in [2.24, 2.45) is 5.73 Å². The summed E-state index contributed by atoms with van der Waals surface area (Å²) in [5, 5.41) is 0. The molecule has 0 amide bonds. The molecule has 0 heterocycles. The summed E-state index contributed by atoms with van der Waals surface area (Å²) in [6.07, 6.45) is 13.6. The molecule has 0 saturated heterocycles. The van der Waals surface area contributed by atoms with Gasteiger partial charge in [-0.05, 0) is 19.8 Å². The van der Waals surface area contributed by atoms with Crippen molar-refractivity contribution in [3.05, 3.63) is 36.5 Å². The fourth-order valence-electron chi connectivity index (χ4n) is 2.09. The molecule has 0 aliphatic rings. The minimum atomic E-state index is -4.36. The number of phosphoric acid groups is 1. The smallest absolute Gasteiger partial charge is 0.461 e. The number of allylic oxidation sites excluding steroid dienone is 4. The fraction of sp³-hybridized carbons (Fsp3) is 0.619. The molecule has 0 rings (SSSR count). The number of nitrogens with two attached hydrogens (primary N) is 1. The normalized spacial score (nSPS) is 14.8. The molecule has 1 unspecified atom stereocenters. The van der Waals surface area contributed by atoms with Gasteiger partial charge in [-0.25, -0.2) is 4.57 Å². The minimum Gasteiger partial charge on any atom is -0.461 e. The number of rotatable bonds is 18. The largest absolute Gasteiger partial charge is 0.472 e. The third-order valence-electron chi connectivity index (χ3n) is 3.66. The van der Waals surface area contributed by atoms with Crippen LogP contribution in [-0.4, -0.2) is 49.3 Å². The third-order valence-corrected chi connectivity index (χ3v) is 4.64. The zero-order valence-electron chi connectivity index (χ0n) is 18.4. The summed E-state index contributed by atoms with van der Waals surface area (Å²) >= 11 is 0. The number of unbranched alkanes of at least 4 members (excludes halogenated alkanes) is 2. The van der Waals surface area contributed by atoms with Gasteiger partial charge in [-0.3, -0.25) is 18.6 Å². The number of carbonyl (C=O) groups is 2. The Morgan fingerprint density at radius 3 is 2.42 bits per heavy atom. The Bertz CT molecular complexity index is 633.